The molecule has 0 aliphatic carbocycles. The molecule has 8 nitrogen and oxygen atoms in total. The second kappa shape index (κ2) is 6.72. The second-order valence-corrected chi connectivity index (χ2v) is 7.06. The van der Waals surface area contributed by atoms with E-state index in [0.717, 1.165) is 46.2 Å². The number of ether oxygens (including phenoxy) is 1. The molecule has 0 bridgehead atoms. The first-order valence-corrected chi connectivity index (χ1v) is 9.38. The van der Waals surface area contributed by atoms with Crippen LogP contribution in [-0.4, -0.2) is 55.7 Å². The minimum absolute atomic E-state index is 0.254. The van der Waals surface area contributed by atoms with E-state index in [1.807, 2.05) is 35.9 Å². The standard InChI is InChI=1S/C20H21N7O/c1-13-3-4-17(24-23-13)16-11-19(26-9-10-28-12-14(26)2)22-20-15(16)6-8-27(20)18-5-7-21-25-18/h3-8,11,14H,9-10,12H2,1-2H3,(H,21,25)/t14-/m1/s1. The largest absolute Gasteiger partial charge is 0.377 e. The average molecular weight is 375 g/mol. The van der Waals surface area contributed by atoms with Crippen molar-refractivity contribution in [3.05, 3.63) is 48.4 Å². The molecule has 4 aromatic heterocycles. The Hall–Kier alpha value is -3.26. The van der Waals surface area contributed by atoms with Gasteiger partial charge in [-0.3, -0.25) is 9.67 Å². The average Bonchev–Trinajstić information content (AvgIpc) is 3.38. The van der Waals surface area contributed by atoms with Crippen LogP contribution in [0.1, 0.15) is 12.6 Å². The van der Waals surface area contributed by atoms with E-state index >= 15 is 0 Å². The fourth-order valence-corrected chi connectivity index (χ4v) is 3.64. The monoisotopic (exact) mass is 375 g/mol. The summed E-state index contributed by atoms with van der Waals surface area (Å²) in [4.78, 5) is 7.29. The summed E-state index contributed by atoms with van der Waals surface area (Å²) in [5.74, 6) is 1.71. The summed E-state index contributed by atoms with van der Waals surface area (Å²) in [7, 11) is 0. The number of H-pyrrole nitrogens is 1. The molecular weight excluding hydrogens is 354 g/mol. The Morgan fingerprint density at radius 1 is 1.14 bits per heavy atom. The van der Waals surface area contributed by atoms with E-state index in [1.165, 1.54) is 0 Å². The quantitative estimate of drug-likeness (QED) is 0.593. The van der Waals surface area contributed by atoms with Crippen molar-refractivity contribution in [3.8, 4) is 17.1 Å². The lowest BCUT2D eigenvalue weighted by Crippen LogP contribution is -2.44. The van der Waals surface area contributed by atoms with Crippen LogP contribution in [-0.2, 0) is 4.74 Å². The molecular formula is C20H21N7O. The normalized spacial score (nSPS) is 17.4. The van der Waals surface area contributed by atoms with Gasteiger partial charge < -0.3 is 9.64 Å². The SMILES string of the molecule is Cc1ccc(-c2cc(N3CCOC[C@H]3C)nc3c2ccn3-c2cc[nH]n2)nn1. The number of nitrogens with zero attached hydrogens (tertiary/aromatic N) is 6. The molecule has 1 fully saturated rings. The Kier molecular flexibility index (Phi) is 4.05. The summed E-state index contributed by atoms with van der Waals surface area (Å²) in [6, 6.07) is 10.3. The summed E-state index contributed by atoms with van der Waals surface area (Å²) in [6.45, 7) is 6.29. The first kappa shape index (κ1) is 16.9. The van der Waals surface area contributed by atoms with Gasteiger partial charge in [-0.1, -0.05) is 0 Å². The number of hydrogen-bond acceptors (Lipinski definition) is 6. The van der Waals surface area contributed by atoms with Crippen LogP contribution in [0.15, 0.2) is 42.7 Å². The lowest BCUT2D eigenvalue weighted by Gasteiger charge is -2.34. The Morgan fingerprint density at radius 3 is 2.82 bits per heavy atom. The van der Waals surface area contributed by atoms with Crippen LogP contribution in [0.4, 0.5) is 5.82 Å². The highest BCUT2D eigenvalue weighted by Crippen LogP contribution is 2.33. The van der Waals surface area contributed by atoms with Gasteiger partial charge in [0.15, 0.2) is 5.82 Å². The third kappa shape index (κ3) is 2.82. The van der Waals surface area contributed by atoms with E-state index in [-0.39, 0.29) is 6.04 Å². The number of nitrogens with one attached hydrogen (secondary N) is 1. The number of anilines is 1. The van der Waals surface area contributed by atoms with Gasteiger partial charge in [0.1, 0.15) is 11.5 Å². The summed E-state index contributed by atoms with van der Waals surface area (Å²) in [5, 5.41) is 16.9. The van der Waals surface area contributed by atoms with Crippen LogP contribution in [0.5, 0.6) is 0 Å². The number of hydrogen-bond donors (Lipinski definition) is 1. The van der Waals surface area contributed by atoms with E-state index in [1.54, 1.807) is 6.20 Å². The van der Waals surface area contributed by atoms with Gasteiger partial charge in [0.2, 0.25) is 0 Å². The summed E-state index contributed by atoms with van der Waals surface area (Å²) in [6.07, 6.45) is 3.80. The number of morpholine rings is 1. The predicted octanol–water partition coefficient (Wildman–Crippen LogP) is 2.74. The lowest BCUT2D eigenvalue weighted by atomic mass is 10.1. The van der Waals surface area contributed by atoms with Crippen molar-refractivity contribution >= 4 is 16.9 Å². The third-order valence-electron chi connectivity index (χ3n) is 5.11. The Bertz CT molecular complexity index is 1100. The van der Waals surface area contributed by atoms with Crippen molar-refractivity contribution in [2.24, 2.45) is 0 Å². The maximum atomic E-state index is 5.61. The van der Waals surface area contributed by atoms with Gasteiger partial charge in [0.25, 0.3) is 0 Å². The van der Waals surface area contributed by atoms with Crippen molar-refractivity contribution in [1.29, 1.82) is 0 Å². The topological polar surface area (TPSA) is 84.8 Å². The zero-order chi connectivity index (χ0) is 19.1. The van der Waals surface area contributed by atoms with Gasteiger partial charge in [-0.2, -0.15) is 15.3 Å². The van der Waals surface area contributed by atoms with Crippen LogP contribution in [0.3, 0.4) is 0 Å². The molecule has 0 radical (unpaired) electrons. The van der Waals surface area contributed by atoms with Gasteiger partial charge in [-0.15, -0.1) is 0 Å². The van der Waals surface area contributed by atoms with Crippen molar-refractivity contribution < 1.29 is 4.74 Å². The number of pyridine rings is 1. The summed E-state index contributed by atoms with van der Waals surface area (Å²) >= 11 is 0. The number of rotatable bonds is 3. The molecule has 1 aliphatic heterocycles. The fraction of sp³-hybridized carbons (Fsp3) is 0.300. The zero-order valence-electron chi connectivity index (χ0n) is 15.8. The zero-order valence-corrected chi connectivity index (χ0v) is 15.8. The highest BCUT2D eigenvalue weighted by atomic mass is 16.5. The van der Waals surface area contributed by atoms with Crippen LogP contribution < -0.4 is 4.90 Å². The maximum absolute atomic E-state index is 5.61. The molecule has 0 spiro atoms. The van der Waals surface area contributed by atoms with E-state index in [9.17, 15) is 0 Å². The molecule has 5 heterocycles. The highest BCUT2D eigenvalue weighted by Gasteiger charge is 2.23. The van der Waals surface area contributed by atoms with Crippen molar-refractivity contribution in [2.45, 2.75) is 19.9 Å². The molecule has 1 N–H and O–H groups in total. The smallest absolute Gasteiger partial charge is 0.160 e. The van der Waals surface area contributed by atoms with Gasteiger partial charge in [-0.05, 0) is 38.1 Å². The number of aromatic amines is 1. The Balaban J connectivity index is 1.74. The van der Waals surface area contributed by atoms with E-state index < -0.39 is 0 Å². The molecule has 142 valence electrons. The first-order valence-electron chi connectivity index (χ1n) is 9.38. The fourth-order valence-electron chi connectivity index (χ4n) is 3.64. The van der Waals surface area contributed by atoms with Gasteiger partial charge in [-0.25, -0.2) is 4.98 Å². The first-order chi connectivity index (χ1) is 13.7. The molecule has 28 heavy (non-hydrogen) atoms. The van der Waals surface area contributed by atoms with Crippen LogP contribution >= 0.6 is 0 Å². The predicted molar refractivity (Wildman–Crippen MR) is 107 cm³/mol. The Labute approximate surface area is 162 Å². The molecule has 5 rings (SSSR count). The molecule has 0 aromatic carbocycles. The van der Waals surface area contributed by atoms with Crippen LogP contribution in [0, 0.1) is 6.92 Å². The molecule has 1 aliphatic rings. The van der Waals surface area contributed by atoms with E-state index in [2.05, 4.69) is 44.4 Å². The summed E-state index contributed by atoms with van der Waals surface area (Å²) < 4.78 is 7.60. The highest BCUT2D eigenvalue weighted by molar-refractivity contribution is 5.94. The molecule has 1 atom stereocenters. The molecule has 8 heteroatoms. The van der Waals surface area contributed by atoms with Gasteiger partial charge >= 0.3 is 0 Å². The third-order valence-corrected chi connectivity index (χ3v) is 5.11. The van der Waals surface area contributed by atoms with Gasteiger partial charge in [0, 0.05) is 36.0 Å². The molecule has 1 saturated heterocycles. The maximum Gasteiger partial charge on any atom is 0.160 e. The number of aryl methyl sites for hydroxylation is 1. The van der Waals surface area contributed by atoms with Gasteiger partial charge in [0.05, 0.1) is 30.6 Å². The number of fused-ring (bicyclic) bond motifs is 1. The molecule has 4 aromatic rings. The minimum atomic E-state index is 0.254. The molecule has 0 amide bonds. The molecule has 0 unspecified atom stereocenters. The van der Waals surface area contributed by atoms with Crippen LogP contribution in [0.25, 0.3) is 28.1 Å². The van der Waals surface area contributed by atoms with Crippen molar-refractivity contribution in [2.75, 3.05) is 24.7 Å². The van der Waals surface area contributed by atoms with E-state index in [0.29, 0.717) is 13.2 Å². The van der Waals surface area contributed by atoms with E-state index in [4.69, 9.17) is 9.72 Å². The summed E-state index contributed by atoms with van der Waals surface area (Å²) in [5.41, 5.74) is 3.59. The molecule has 0 saturated carbocycles. The van der Waals surface area contributed by atoms with Crippen molar-refractivity contribution in [1.82, 2.24) is 29.9 Å². The minimum Gasteiger partial charge on any atom is -0.377 e. The van der Waals surface area contributed by atoms with Crippen LogP contribution in [0.2, 0.25) is 0 Å². The van der Waals surface area contributed by atoms with Crippen molar-refractivity contribution in [3.63, 3.8) is 0 Å². The number of aromatic nitrogens is 6. The second-order valence-electron chi connectivity index (χ2n) is 7.06. The Morgan fingerprint density at radius 2 is 2.07 bits per heavy atom. The lowest BCUT2D eigenvalue weighted by molar-refractivity contribution is 0.0986.